The summed E-state index contributed by atoms with van der Waals surface area (Å²) in [5.74, 6) is 0.466. The number of hydrogen-bond acceptors (Lipinski definition) is 3. The minimum absolute atomic E-state index is 0.241. The lowest BCUT2D eigenvalue weighted by Crippen LogP contribution is -2.36. The van der Waals surface area contributed by atoms with Crippen LogP contribution < -0.4 is 10.6 Å². The van der Waals surface area contributed by atoms with E-state index in [4.69, 9.17) is 11.6 Å². The molecule has 1 saturated carbocycles. The first-order chi connectivity index (χ1) is 16.5. The number of anilines is 1. The standard InChI is InChI=1S/C26H21ClFN5O/c27-19-11-7-18(8-12-19)25(34)31-26(29-22-4-2-1-3-21(22)16-5-6-16)30-24-15-23(32-33-24)17-9-13-20(28)14-10-17/h1-4,7-16H,5-6H2,(H3,29,30,31,32,33,34). The van der Waals surface area contributed by atoms with E-state index >= 15 is 0 Å². The SMILES string of the molecule is O=C(NC(=Nc1cc(-c2ccc(F)cc2)[nH]n1)Nc1ccccc1C1CC1)c1ccc(Cl)cc1. The van der Waals surface area contributed by atoms with Crippen LogP contribution in [0.3, 0.4) is 0 Å². The van der Waals surface area contributed by atoms with Crippen molar-refractivity contribution >= 4 is 35.0 Å². The number of aliphatic imine (C=N–C) groups is 1. The summed E-state index contributed by atoms with van der Waals surface area (Å²) in [5, 5.41) is 13.8. The van der Waals surface area contributed by atoms with E-state index in [0.29, 0.717) is 28.0 Å². The lowest BCUT2D eigenvalue weighted by atomic mass is 10.1. The number of amides is 1. The number of para-hydroxylation sites is 1. The Labute approximate surface area is 200 Å². The predicted molar refractivity (Wildman–Crippen MR) is 132 cm³/mol. The molecule has 4 aromatic rings. The molecule has 1 aromatic heterocycles. The summed E-state index contributed by atoms with van der Waals surface area (Å²) in [6.45, 7) is 0. The van der Waals surface area contributed by atoms with Gasteiger partial charge in [0.25, 0.3) is 5.91 Å². The largest absolute Gasteiger partial charge is 0.325 e. The fourth-order valence-corrected chi connectivity index (χ4v) is 3.74. The molecule has 0 unspecified atom stereocenters. The third-order valence-corrected chi connectivity index (χ3v) is 5.77. The number of halogens is 2. The number of aromatic amines is 1. The maximum Gasteiger partial charge on any atom is 0.257 e. The van der Waals surface area contributed by atoms with E-state index in [9.17, 15) is 9.18 Å². The number of carbonyl (C=O) groups excluding carboxylic acids is 1. The van der Waals surface area contributed by atoms with Gasteiger partial charge in [0.15, 0.2) is 5.82 Å². The van der Waals surface area contributed by atoms with Gasteiger partial charge in [0, 0.05) is 22.3 Å². The smallest absolute Gasteiger partial charge is 0.257 e. The van der Waals surface area contributed by atoms with Gasteiger partial charge in [-0.15, -0.1) is 0 Å². The molecular weight excluding hydrogens is 453 g/mol. The quantitative estimate of drug-likeness (QED) is 0.236. The lowest BCUT2D eigenvalue weighted by molar-refractivity contribution is 0.0977. The molecule has 0 bridgehead atoms. The highest BCUT2D eigenvalue weighted by Gasteiger charge is 2.26. The van der Waals surface area contributed by atoms with E-state index in [0.717, 1.165) is 24.1 Å². The number of nitrogens with zero attached hydrogens (tertiary/aromatic N) is 2. The number of hydrogen-bond donors (Lipinski definition) is 3. The molecule has 8 heteroatoms. The fourth-order valence-electron chi connectivity index (χ4n) is 3.62. The number of carbonyl (C=O) groups is 1. The zero-order chi connectivity index (χ0) is 23.5. The van der Waals surface area contributed by atoms with Crippen molar-refractivity contribution in [3.05, 3.63) is 101 Å². The van der Waals surface area contributed by atoms with Crippen LogP contribution in [0, 0.1) is 5.82 Å². The van der Waals surface area contributed by atoms with Gasteiger partial charge in [-0.3, -0.25) is 15.2 Å². The molecule has 0 saturated heterocycles. The Morgan fingerprint density at radius 2 is 1.76 bits per heavy atom. The van der Waals surface area contributed by atoms with Crippen LogP contribution in [0.5, 0.6) is 0 Å². The predicted octanol–water partition coefficient (Wildman–Crippen LogP) is 6.28. The molecule has 1 heterocycles. The van der Waals surface area contributed by atoms with Crippen LogP contribution in [-0.4, -0.2) is 22.1 Å². The summed E-state index contributed by atoms with van der Waals surface area (Å²) < 4.78 is 13.3. The van der Waals surface area contributed by atoms with E-state index < -0.39 is 0 Å². The molecule has 1 aliphatic rings. The number of rotatable bonds is 5. The zero-order valence-electron chi connectivity index (χ0n) is 18.1. The monoisotopic (exact) mass is 473 g/mol. The average Bonchev–Trinajstić information content (AvgIpc) is 3.58. The Bertz CT molecular complexity index is 1340. The number of guanidine groups is 1. The normalized spacial score (nSPS) is 13.5. The first kappa shape index (κ1) is 21.9. The molecule has 1 aliphatic carbocycles. The van der Waals surface area contributed by atoms with Crippen LogP contribution in [0.4, 0.5) is 15.9 Å². The van der Waals surface area contributed by atoms with Crippen molar-refractivity contribution in [1.29, 1.82) is 0 Å². The van der Waals surface area contributed by atoms with Gasteiger partial charge >= 0.3 is 0 Å². The molecule has 170 valence electrons. The van der Waals surface area contributed by atoms with Gasteiger partial charge in [0.2, 0.25) is 5.96 Å². The highest BCUT2D eigenvalue weighted by atomic mass is 35.5. The molecule has 5 rings (SSSR count). The summed E-state index contributed by atoms with van der Waals surface area (Å²) in [5.41, 5.74) is 3.97. The molecule has 1 fully saturated rings. The summed E-state index contributed by atoms with van der Waals surface area (Å²) in [7, 11) is 0. The van der Waals surface area contributed by atoms with Crippen LogP contribution in [-0.2, 0) is 0 Å². The van der Waals surface area contributed by atoms with E-state index in [2.05, 4.69) is 31.9 Å². The minimum Gasteiger partial charge on any atom is -0.325 e. The van der Waals surface area contributed by atoms with Crippen LogP contribution in [0.2, 0.25) is 5.02 Å². The van der Waals surface area contributed by atoms with Crippen LogP contribution in [0.15, 0.2) is 83.9 Å². The lowest BCUT2D eigenvalue weighted by Gasteiger charge is -2.14. The van der Waals surface area contributed by atoms with Gasteiger partial charge in [-0.25, -0.2) is 4.39 Å². The Kier molecular flexibility index (Phi) is 6.10. The molecule has 1 amide bonds. The Balaban J connectivity index is 1.45. The van der Waals surface area contributed by atoms with Crippen molar-refractivity contribution in [3.63, 3.8) is 0 Å². The topological polar surface area (TPSA) is 82.2 Å². The van der Waals surface area contributed by atoms with Crippen molar-refractivity contribution in [2.24, 2.45) is 4.99 Å². The molecule has 34 heavy (non-hydrogen) atoms. The van der Waals surface area contributed by atoms with Gasteiger partial charge in [-0.2, -0.15) is 10.1 Å². The van der Waals surface area contributed by atoms with Gasteiger partial charge in [0.05, 0.1) is 5.69 Å². The van der Waals surface area contributed by atoms with E-state index in [1.807, 2.05) is 18.2 Å². The van der Waals surface area contributed by atoms with Crippen molar-refractivity contribution < 1.29 is 9.18 Å². The maximum atomic E-state index is 13.3. The first-order valence-corrected chi connectivity index (χ1v) is 11.3. The van der Waals surface area contributed by atoms with Crippen molar-refractivity contribution in [2.75, 3.05) is 5.32 Å². The Morgan fingerprint density at radius 3 is 2.50 bits per heavy atom. The molecule has 0 aliphatic heterocycles. The van der Waals surface area contributed by atoms with E-state index in [1.165, 1.54) is 17.7 Å². The second-order valence-corrected chi connectivity index (χ2v) is 8.49. The Morgan fingerprint density at radius 1 is 1.03 bits per heavy atom. The molecule has 6 nitrogen and oxygen atoms in total. The van der Waals surface area contributed by atoms with Crippen LogP contribution in [0.1, 0.15) is 34.7 Å². The highest BCUT2D eigenvalue weighted by Crippen LogP contribution is 2.43. The molecule has 3 aromatic carbocycles. The van der Waals surface area contributed by atoms with Gasteiger partial charge < -0.3 is 5.32 Å². The summed E-state index contributed by atoms with van der Waals surface area (Å²) in [6.07, 6.45) is 2.28. The molecule has 0 radical (unpaired) electrons. The number of nitrogens with one attached hydrogen (secondary N) is 3. The van der Waals surface area contributed by atoms with Crippen LogP contribution >= 0.6 is 11.6 Å². The molecule has 3 N–H and O–H groups in total. The fraction of sp³-hybridized carbons (Fsp3) is 0.115. The number of benzene rings is 3. The highest BCUT2D eigenvalue weighted by molar-refractivity contribution is 6.30. The van der Waals surface area contributed by atoms with E-state index in [-0.39, 0.29) is 17.7 Å². The maximum absolute atomic E-state index is 13.3. The number of H-pyrrole nitrogens is 1. The second kappa shape index (κ2) is 9.49. The van der Waals surface area contributed by atoms with Gasteiger partial charge in [-0.05, 0) is 84.5 Å². The second-order valence-electron chi connectivity index (χ2n) is 8.05. The van der Waals surface area contributed by atoms with Gasteiger partial charge in [0.1, 0.15) is 5.82 Å². The van der Waals surface area contributed by atoms with Crippen LogP contribution in [0.25, 0.3) is 11.3 Å². The minimum atomic E-state index is -0.332. The van der Waals surface area contributed by atoms with E-state index in [1.54, 1.807) is 42.5 Å². The first-order valence-electron chi connectivity index (χ1n) is 10.9. The third kappa shape index (κ3) is 5.15. The van der Waals surface area contributed by atoms with Crippen molar-refractivity contribution in [3.8, 4) is 11.3 Å². The average molecular weight is 474 g/mol. The summed E-state index contributed by atoms with van der Waals surface area (Å²) >= 11 is 5.95. The Hall–Kier alpha value is -3.97. The van der Waals surface area contributed by atoms with Crippen molar-refractivity contribution in [2.45, 2.75) is 18.8 Å². The zero-order valence-corrected chi connectivity index (χ0v) is 18.8. The molecule has 0 atom stereocenters. The summed E-state index contributed by atoms with van der Waals surface area (Å²) in [6, 6.07) is 22.4. The van der Waals surface area contributed by atoms with Crippen molar-refractivity contribution in [1.82, 2.24) is 15.5 Å². The number of aromatic nitrogens is 2. The van der Waals surface area contributed by atoms with Gasteiger partial charge in [-0.1, -0.05) is 29.8 Å². The molecular formula is C26H21ClFN5O. The molecule has 0 spiro atoms. The summed E-state index contributed by atoms with van der Waals surface area (Å²) in [4.78, 5) is 17.5. The third-order valence-electron chi connectivity index (χ3n) is 5.52.